The number of hydrogen-bond donors (Lipinski definition) is 1. The minimum absolute atomic E-state index is 0.0347. The largest absolute Gasteiger partial charge is 0.481 e. The summed E-state index contributed by atoms with van der Waals surface area (Å²) in [7, 11) is -3.76. The van der Waals surface area contributed by atoms with E-state index in [2.05, 4.69) is 79.0 Å². The molecule has 0 heterocycles. The van der Waals surface area contributed by atoms with E-state index in [1.807, 2.05) is 18.2 Å². The van der Waals surface area contributed by atoms with Gasteiger partial charge in [-0.2, -0.15) is 0 Å². The van der Waals surface area contributed by atoms with Crippen molar-refractivity contribution in [3.8, 4) is 0 Å². The third-order valence-electron chi connectivity index (χ3n) is 6.27. The molecule has 0 spiro atoms. The summed E-state index contributed by atoms with van der Waals surface area (Å²) in [5, 5.41) is 11.3. The molecule has 5 heteroatoms. The number of carboxylic acid groups (broad SMARTS) is 1. The van der Waals surface area contributed by atoms with Crippen molar-refractivity contribution in [3.63, 3.8) is 0 Å². The van der Waals surface area contributed by atoms with Crippen LogP contribution < -0.4 is 0 Å². The molecule has 158 valence electrons. The van der Waals surface area contributed by atoms with E-state index in [4.69, 9.17) is 4.74 Å². The molecule has 0 aliphatic carbocycles. The van der Waals surface area contributed by atoms with Crippen LogP contribution in [0.1, 0.15) is 40.2 Å². The smallest absolute Gasteiger partial charge is 0.304 e. The van der Waals surface area contributed by atoms with Crippen LogP contribution in [0, 0.1) is 5.92 Å². The molecule has 0 saturated heterocycles. The quantitative estimate of drug-likeness (QED) is 0.462. The van der Waals surface area contributed by atoms with E-state index in [0.717, 1.165) is 6.23 Å². The molecule has 0 aromatic heterocycles. The van der Waals surface area contributed by atoms with Crippen LogP contribution >= 0.6 is 0 Å². The Hall–Kier alpha value is -1.18. The fraction of sp³-hybridized carbons (Fsp3) is 0.609. The van der Waals surface area contributed by atoms with Crippen molar-refractivity contribution in [2.45, 2.75) is 78.0 Å². The first kappa shape index (κ1) is 24.9. The molecule has 28 heavy (non-hydrogen) atoms. The molecule has 0 saturated carbocycles. The van der Waals surface area contributed by atoms with Gasteiger partial charge in [-0.25, -0.2) is 0 Å². The molecule has 1 aromatic rings. The molecule has 1 rings (SSSR count). The molecule has 0 unspecified atom stereocenters. The molecular formula is C23H40O3Si2. The molecule has 0 amide bonds. The van der Waals surface area contributed by atoms with Crippen molar-refractivity contribution in [1.82, 2.24) is 0 Å². The van der Waals surface area contributed by atoms with Gasteiger partial charge in [0.25, 0.3) is 0 Å². The second-order valence-electron chi connectivity index (χ2n) is 10.5. The number of rotatable bonds is 9. The van der Waals surface area contributed by atoms with Crippen LogP contribution in [-0.2, 0) is 16.1 Å². The summed E-state index contributed by atoms with van der Waals surface area (Å²) in [5.74, 6) is -0.623. The molecular weight excluding hydrogens is 380 g/mol. The third-order valence-corrected chi connectivity index (χ3v) is 14.9. The Morgan fingerprint density at radius 1 is 1.14 bits per heavy atom. The second kappa shape index (κ2) is 9.55. The maximum atomic E-state index is 11.9. The predicted molar refractivity (Wildman–Crippen MR) is 125 cm³/mol. The molecule has 0 bridgehead atoms. The molecule has 0 fully saturated rings. The highest BCUT2D eigenvalue weighted by Gasteiger charge is 2.43. The van der Waals surface area contributed by atoms with Crippen LogP contribution in [0.3, 0.4) is 0 Å². The summed E-state index contributed by atoms with van der Waals surface area (Å²) in [6, 6.07) is 10.3. The van der Waals surface area contributed by atoms with Crippen molar-refractivity contribution in [2.24, 2.45) is 5.92 Å². The van der Waals surface area contributed by atoms with Gasteiger partial charge < -0.3 is 9.84 Å². The summed E-state index contributed by atoms with van der Waals surface area (Å²) in [6.07, 6.45) is 2.99. The molecule has 1 aromatic carbocycles. The summed E-state index contributed by atoms with van der Waals surface area (Å²) >= 11 is 0. The van der Waals surface area contributed by atoms with Gasteiger partial charge in [0, 0.05) is 6.23 Å². The molecule has 0 aliphatic rings. The van der Waals surface area contributed by atoms with Crippen LogP contribution in [0.2, 0.25) is 36.8 Å². The van der Waals surface area contributed by atoms with Gasteiger partial charge >= 0.3 is 5.97 Å². The van der Waals surface area contributed by atoms with E-state index < -0.39 is 22.1 Å². The highest BCUT2D eigenvalue weighted by atomic mass is 28.3. The van der Waals surface area contributed by atoms with Crippen LogP contribution in [0.5, 0.6) is 0 Å². The first-order valence-corrected chi connectivity index (χ1v) is 16.5. The lowest BCUT2D eigenvalue weighted by Gasteiger charge is -2.41. The van der Waals surface area contributed by atoms with Gasteiger partial charge in [-0.3, -0.25) is 4.79 Å². The van der Waals surface area contributed by atoms with Gasteiger partial charge in [0.15, 0.2) is 0 Å². The van der Waals surface area contributed by atoms with Crippen LogP contribution in [-0.4, -0.2) is 33.5 Å². The Labute approximate surface area is 174 Å². The average Bonchev–Trinajstić information content (AvgIpc) is 2.52. The number of carbonyl (C=O) groups is 1. The van der Waals surface area contributed by atoms with Crippen molar-refractivity contribution in [1.29, 1.82) is 0 Å². The topological polar surface area (TPSA) is 46.5 Å². The first-order valence-electron chi connectivity index (χ1n) is 10.2. The fourth-order valence-corrected chi connectivity index (χ4v) is 9.33. The Bertz CT molecular complexity index is 671. The van der Waals surface area contributed by atoms with E-state index in [0.29, 0.717) is 6.61 Å². The Morgan fingerprint density at radius 2 is 1.68 bits per heavy atom. The lowest BCUT2D eigenvalue weighted by Crippen LogP contribution is -2.48. The van der Waals surface area contributed by atoms with E-state index in [1.165, 1.54) is 10.8 Å². The number of benzene rings is 1. The highest BCUT2D eigenvalue weighted by molar-refractivity contribution is 6.87. The second-order valence-corrected chi connectivity index (χ2v) is 21.0. The summed E-state index contributed by atoms with van der Waals surface area (Å²) in [5.41, 5.74) is 0.915. The van der Waals surface area contributed by atoms with E-state index in [1.54, 1.807) is 0 Å². The van der Waals surface area contributed by atoms with Crippen molar-refractivity contribution in [2.75, 3.05) is 6.23 Å². The van der Waals surface area contributed by atoms with Crippen LogP contribution in [0.15, 0.2) is 41.6 Å². The molecule has 0 radical (unpaired) electrons. The minimum atomic E-state index is -1.95. The monoisotopic (exact) mass is 420 g/mol. The predicted octanol–water partition coefficient (Wildman–Crippen LogP) is 6.54. The highest BCUT2D eigenvalue weighted by Crippen LogP contribution is 2.42. The average molecular weight is 421 g/mol. The maximum Gasteiger partial charge on any atom is 0.304 e. The van der Waals surface area contributed by atoms with Gasteiger partial charge in [0.05, 0.1) is 20.2 Å². The molecule has 0 aliphatic heterocycles. The van der Waals surface area contributed by atoms with Crippen molar-refractivity contribution in [3.05, 3.63) is 47.2 Å². The SMILES string of the molecule is C/C(=C\[C@@H](C)[C@H](C(=O)O)[Si](C)(C)C)[Si@@](C)(COCc1ccccc1)C(C)(C)C. The van der Waals surface area contributed by atoms with E-state index >= 15 is 0 Å². The number of allylic oxidation sites excluding steroid dienone is 2. The van der Waals surface area contributed by atoms with Gasteiger partial charge in [-0.1, -0.05) is 95.5 Å². The number of aliphatic carboxylic acids is 1. The zero-order valence-electron chi connectivity index (χ0n) is 19.3. The third kappa shape index (κ3) is 6.43. The Kier molecular flexibility index (Phi) is 8.48. The van der Waals surface area contributed by atoms with Gasteiger partial charge in [0.1, 0.15) is 8.07 Å². The zero-order chi connectivity index (χ0) is 21.8. The summed E-state index contributed by atoms with van der Waals surface area (Å²) in [6.45, 7) is 20.6. The van der Waals surface area contributed by atoms with Gasteiger partial charge in [-0.15, -0.1) is 0 Å². The minimum Gasteiger partial charge on any atom is -0.481 e. The number of hydrogen-bond acceptors (Lipinski definition) is 2. The molecule has 1 N–H and O–H groups in total. The summed E-state index contributed by atoms with van der Waals surface area (Å²) in [4.78, 5) is 11.9. The van der Waals surface area contributed by atoms with Crippen LogP contribution in [0.4, 0.5) is 0 Å². The maximum absolute atomic E-state index is 11.9. The standard InChI is InChI=1S/C23H40O3Si2/c1-18(21(22(24)25)27(6,7)8)15-19(2)28(9,23(3,4)5)17-26-16-20-13-11-10-12-14-20/h10-15,18,21H,16-17H2,1-9H3,(H,24,25)/b19-15+/t18-,21-,28-/m1/s1. The zero-order valence-corrected chi connectivity index (χ0v) is 21.3. The first-order chi connectivity index (χ1) is 12.7. The van der Waals surface area contributed by atoms with Gasteiger partial charge in [0.2, 0.25) is 0 Å². The van der Waals surface area contributed by atoms with Crippen molar-refractivity contribution < 1.29 is 14.6 Å². The number of carboxylic acids is 1. The fourth-order valence-electron chi connectivity index (χ4n) is 3.93. The van der Waals surface area contributed by atoms with E-state index in [9.17, 15) is 9.90 Å². The number of ether oxygens (including phenoxy) is 1. The van der Waals surface area contributed by atoms with Crippen LogP contribution in [0.25, 0.3) is 0 Å². The Morgan fingerprint density at radius 3 is 2.11 bits per heavy atom. The summed E-state index contributed by atoms with van der Waals surface area (Å²) < 4.78 is 6.20. The molecule has 3 nitrogen and oxygen atoms in total. The lowest BCUT2D eigenvalue weighted by molar-refractivity contribution is -0.137. The molecule has 3 atom stereocenters. The Balaban J connectivity index is 3.07. The van der Waals surface area contributed by atoms with Crippen molar-refractivity contribution >= 4 is 22.1 Å². The van der Waals surface area contributed by atoms with E-state index in [-0.39, 0.29) is 16.5 Å². The normalized spacial score (nSPS) is 17.7. The van der Waals surface area contributed by atoms with Gasteiger partial charge in [-0.05, 0) is 23.4 Å². The lowest BCUT2D eigenvalue weighted by atomic mass is 10.1.